The van der Waals surface area contributed by atoms with E-state index in [0.29, 0.717) is 18.0 Å². The van der Waals surface area contributed by atoms with Crippen LogP contribution in [0.4, 0.5) is 5.13 Å². The molecule has 1 amide bonds. The zero-order valence-corrected chi connectivity index (χ0v) is 14.5. The number of rotatable bonds is 7. The lowest BCUT2D eigenvalue weighted by atomic mass is 10.1. The lowest BCUT2D eigenvalue weighted by Gasteiger charge is -2.02. The number of aryl methyl sites for hydroxylation is 3. The second-order valence-electron chi connectivity index (χ2n) is 5.43. The summed E-state index contributed by atoms with van der Waals surface area (Å²) in [5.41, 5.74) is 3.26. The van der Waals surface area contributed by atoms with Crippen molar-refractivity contribution in [3.63, 3.8) is 0 Å². The number of unbranched alkanes of at least 4 members (excludes halogenated alkanes) is 1. The Morgan fingerprint density at radius 1 is 1.27 bits per heavy atom. The van der Waals surface area contributed by atoms with E-state index in [4.69, 9.17) is 0 Å². The van der Waals surface area contributed by atoms with Crippen LogP contribution in [0.2, 0.25) is 0 Å². The van der Waals surface area contributed by atoms with Crippen LogP contribution in [0.15, 0.2) is 0 Å². The average molecular weight is 321 g/mol. The molecule has 22 heavy (non-hydrogen) atoms. The van der Waals surface area contributed by atoms with Gasteiger partial charge in [0, 0.05) is 25.6 Å². The number of nitrogens with zero attached hydrogens (tertiary/aromatic N) is 4. The molecule has 0 atom stereocenters. The van der Waals surface area contributed by atoms with E-state index in [0.717, 1.165) is 41.2 Å². The van der Waals surface area contributed by atoms with Crippen LogP contribution in [-0.2, 0) is 24.7 Å². The van der Waals surface area contributed by atoms with Crippen LogP contribution >= 0.6 is 11.3 Å². The van der Waals surface area contributed by atoms with Gasteiger partial charge in [0.15, 0.2) is 0 Å². The molecule has 120 valence electrons. The summed E-state index contributed by atoms with van der Waals surface area (Å²) >= 11 is 1.46. The maximum Gasteiger partial charge on any atom is 0.226 e. The summed E-state index contributed by atoms with van der Waals surface area (Å²) in [7, 11) is 1.92. The van der Waals surface area contributed by atoms with Gasteiger partial charge in [-0.25, -0.2) is 0 Å². The summed E-state index contributed by atoms with van der Waals surface area (Å²) in [6, 6.07) is 0. The Morgan fingerprint density at radius 2 is 2.05 bits per heavy atom. The predicted molar refractivity (Wildman–Crippen MR) is 88.2 cm³/mol. The topological polar surface area (TPSA) is 72.7 Å². The van der Waals surface area contributed by atoms with Gasteiger partial charge in [0.25, 0.3) is 0 Å². The van der Waals surface area contributed by atoms with Crippen LogP contribution < -0.4 is 5.32 Å². The average Bonchev–Trinajstić information content (AvgIpc) is 3.01. The van der Waals surface area contributed by atoms with Crippen molar-refractivity contribution < 1.29 is 4.79 Å². The summed E-state index contributed by atoms with van der Waals surface area (Å²) in [4.78, 5) is 12.0. The summed E-state index contributed by atoms with van der Waals surface area (Å²) in [5, 5.41) is 16.9. The first kappa shape index (κ1) is 16.6. The molecular formula is C15H23N5OS. The van der Waals surface area contributed by atoms with Gasteiger partial charge < -0.3 is 5.32 Å². The molecule has 0 aromatic carbocycles. The maximum absolute atomic E-state index is 12.0. The fourth-order valence-corrected chi connectivity index (χ4v) is 3.13. The summed E-state index contributed by atoms with van der Waals surface area (Å²) in [6.07, 6.45) is 4.28. The standard InChI is InChI=1S/C15H23N5OS/c1-5-6-7-14-17-18-15(22-14)16-13(21)9-8-12-10(2)19-20(4)11(12)3/h5-9H2,1-4H3,(H,16,18,21). The van der Waals surface area contributed by atoms with Gasteiger partial charge in [-0.2, -0.15) is 5.10 Å². The zero-order chi connectivity index (χ0) is 16.1. The molecular weight excluding hydrogens is 298 g/mol. The van der Waals surface area contributed by atoms with E-state index in [1.807, 2.05) is 25.6 Å². The van der Waals surface area contributed by atoms with Crippen molar-refractivity contribution in [2.75, 3.05) is 5.32 Å². The highest BCUT2D eigenvalue weighted by atomic mass is 32.1. The minimum absolute atomic E-state index is 0.0270. The number of carbonyl (C=O) groups is 1. The van der Waals surface area contributed by atoms with Gasteiger partial charge in [0.05, 0.1) is 5.69 Å². The quantitative estimate of drug-likeness (QED) is 0.851. The van der Waals surface area contributed by atoms with Crippen molar-refractivity contribution in [3.05, 3.63) is 22.0 Å². The van der Waals surface area contributed by atoms with Gasteiger partial charge in [-0.15, -0.1) is 10.2 Å². The smallest absolute Gasteiger partial charge is 0.226 e. The summed E-state index contributed by atoms with van der Waals surface area (Å²) in [5.74, 6) is -0.0270. The van der Waals surface area contributed by atoms with Crippen molar-refractivity contribution in [2.24, 2.45) is 7.05 Å². The fourth-order valence-electron chi connectivity index (χ4n) is 2.33. The molecule has 2 aromatic rings. The highest BCUT2D eigenvalue weighted by Crippen LogP contribution is 2.18. The number of amides is 1. The van der Waals surface area contributed by atoms with Crippen molar-refractivity contribution in [3.8, 4) is 0 Å². The molecule has 0 aliphatic heterocycles. The third-order valence-electron chi connectivity index (χ3n) is 3.72. The van der Waals surface area contributed by atoms with Crippen molar-refractivity contribution in [1.29, 1.82) is 0 Å². The lowest BCUT2D eigenvalue weighted by Crippen LogP contribution is -2.12. The van der Waals surface area contributed by atoms with Crippen molar-refractivity contribution in [2.45, 2.75) is 52.9 Å². The van der Waals surface area contributed by atoms with Crippen LogP contribution in [-0.4, -0.2) is 25.9 Å². The van der Waals surface area contributed by atoms with E-state index in [1.165, 1.54) is 11.3 Å². The third-order valence-corrected chi connectivity index (χ3v) is 4.62. The van der Waals surface area contributed by atoms with E-state index in [1.54, 1.807) is 0 Å². The molecule has 0 bridgehead atoms. The minimum Gasteiger partial charge on any atom is -0.301 e. The fraction of sp³-hybridized carbons (Fsp3) is 0.600. The first-order chi connectivity index (χ1) is 10.5. The highest BCUT2D eigenvalue weighted by Gasteiger charge is 2.13. The number of hydrogen-bond acceptors (Lipinski definition) is 5. The Kier molecular flexibility index (Phi) is 5.65. The Morgan fingerprint density at radius 3 is 2.68 bits per heavy atom. The normalized spacial score (nSPS) is 10.9. The monoisotopic (exact) mass is 321 g/mol. The number of nitrogens with one attached hydrogen (secondary N) is 1. The van der Waals surface area contributed by atoms with E-state index >= 15 is 0 Å². The molecule has 2 heterocycles. The molecule has 2 aromatic heterocycles. The first-order valence-electron chi connectivity index (χ1n) is 7.62. The third kappa shape index (κ3) is 4.13. The van der Waals surface area contributed by atoms with Gasteiger partial charge >= 0.3 is 0 Å². The van der Waals surface area contributed by atoms with Gasteiger partial charge in [0.1, 0.15) is 5.01 Å². The van der Waals surface area contributed by atoms with Crippen LogP contribution in [0, 0.1) is 13.8 Å². The number of hydrogen-bond donors (Lipinski definition) is 1. The second kappa shape index (κ2) is 7.49. The molecule has 0 spiro atoms. The summed E-state index contributed by atoms with van der Waals surface area (Å²) < 4.78 is 1.85. The van der Waals surface area contributed by atoms with Crippen molar-refractivity contribution in [1.82, 2.24) is 20.0 Å². The molecule has 0 saturated heterocycles. The molecule has 6 nitrogen and oxygen atoms in total. The molecule has 2 rings (SSSR count). The Labute approximate surface area is 135 Å². The lowest BCUT2D eigenvalue weighted by molar-refractivity contribution is -0.116. The van der Waals surface area contributed by atoms with E-state index < -0.39 is 0 Å². The Hall–Kier alpha value is -1.76. The Balaban J connectivity index is 1.86. The molecule has 1 N–H and O–H groups in total. The van der Waals surface area contributed by atoms with Gasteiger partial charge in [-0.3, -0.25) is 9.48 Å². The molecule has 0 aliphatic rings. The minimum atomic E-state index is -0.0270. The zero-order valence-electron chi connectivity index (χ0n) is 13.6. The highest BCUT2D eigenvalue weighted by molar-refractivity contribution is 7.15. The van der Waals surface area contributed by atoms with Crippen molar-refractivity contribution >= 4 is 22.4 Å². The molecule has 0 saturated carbocycles. The Bertz CT molecular complexity index is 646. The largest absolute Gasteiger partial charge is 0.301 e. The second-order valence-corrected chi connectivity index (χ2v) is 6.49. The van der Waals surface area contributed by atoms with Crippen LogP contribution in [0.1, 0.15) is 48.1 Å². The van der Waals surface area contributed by atoms with Gasteiger partial charge in [-0.1, -0.05) is 24.7 Å². The van der Waals surface area contributed by atoms with E-state index in [-0.39, 0.29) is 5.91 Å². The van der Waals surface area contributed by atoms with E-state index in [9.17, 15) is 4.79 Å². The molecule has 0 fully saturated rings. The summed E-state index contributed by atoms with van der Waals surface area (Å²) in [6.45, 7) is 6.15. The molecule has 7 heteroatoms. The first-order valence-corrected chi connectivity index (χ1v) is 8.44. The number of carbonyl (C=O) groups excluding carboxylic acids is 1. The SMILES string of the molecule is CCCCc1nnc(NC(=O)CCc2c(C)nn(C)c2C)s1. The molecule has 0 unspecified atom stereocenters. The van der Waals surface area contributed by atoms with Gasteiger partial charge in [-0.05, 0) is 32.3 Å². The van der Waals surface area contributed by atoms with Crippen LogP contribution in [0.25, 0.3) is 0 Å². The maximum atomic E-state index is 12.0. The number of aromatic nitrogens is 4. The van der Waals surface area contributed by atoms with E-state index in [2.05, 4.69) is 27.5 Å². The number of anilines is 1. The molecule has 0 radical (unpaired) electrons. The van der Waals surface area contributed by atoms with Gasteiger partial charge in [0.2, 0.25) is 11.0 Å². The molecule has 0 aliphatic carbocycles. The van der Waals surface area contributed by atoms with Crippen LogP contribution in [0.5, 0.6) is 0 Å². The van der Waals surface area contributed by atoms with Crippen LogP contribution in [0.3, 0.4) is 0 Å². The predicted octanol–water partition coefficient (Wildman–Crippen LogP) is 2.80.